The topological polar surface area (TPSA) is 75.7 Å². The second-order valence-electron chi connectivity index (χ2n) is 7.92. The molecule has 2 atom stereocenters. The standard InChI is InChI=1S/C23H28N2O4S/c1-2-30(27,28)24-20-12-13-25-21(20)16-17-7-5-8-18(15-17)19-9-3-4-10-22(19)29-14-6-11-23(25)26/h3-5,7-10,15,20-21,24H,2,6,11-14,16H2,1H3/t20-,21-/m1/s1. The number of para-hydroxylation sites is 1. The minimum atomic E-state index is -3.34. The van der Waals surface area contributed by atoms with E-state index in [0.29, 0.717) is 38.8 Å². The fourth-order valence-corrected chi connectivity index (χ4v) is 5.26. The van der Waals surface area contributed by atoms with Gasteiger partial charge in [0.2, 0.25) is 15.9 Å². The van der Waals surface area contributed by atoms with Crippen LogP contribution in [0.5, 0.6) is 5.75 Å². The number of sulfonamides is 1. The molecule has 1 N–H and O–H groups in total. The summed E-state index contributed by atoms with van der Waals surface area (Å²) in [5.74, 6) is 0.911. The number of amides is 1. The minimum absolute atomic E-state index is 0.0355. The van der Waals surface area contributed by atoms with Crippen molar-refractivity contribution in [2.45, 2.75) is 44.7 Å². The van der Waals surface area contributed by atoms with Gasteiger partial charge in [-0.2, -0.15) is 0 Å². The number of nitrogens with zero attached hydrogens (tertiary/aromatic N) is 1. The molecular weight excluding hydrogens is 400 g/mol. The molecule has 160 valence electrons. The lowest BCUT2D eigenvalue weighted by Crippen LogP contribution is -2.48. The van der Waals surface area contributed by atoms with Crippen LogP contribution in [0, 0.1) is 0 Å². The highest BCUT2D eigenvalue weighted by Gasteiger charge is 2.38. The van der Waals surface area contributed by atoms with Crippen LogP contribution >= 0.6 is 0 Å². The number of fused-ring (bicyclic) bond motifs is 5. The molecule has 0 radical (unpaired) electrons. The molecule has 2 aliphatic heterocycles. The van der Waals surface area contributed by atoms with Crippen LogP contribution in [0.4, 0.5) is 0 Å². The second kappa shape index (κ2) is 8.78. The maximum atomic E-state index is 12.9. The van der Waals surface area contributed by atoms with Crippen molar-refractivity contribution in [2.24, 2.45) is 0 Å². The predicted molar refractivity (Wildman–Crippen MR) is 117 cm³/mol. The molecule has 0 aliphatic carbocycles. The Morgan fingerprint density at radius 2 is 2.00 bits per heavy atom. The van der Waals surface area contributed by atoms with Crippen LogP contribution in [-0.2, 0) is 21.2 Å². The number of hydrogen-bond acceptors (Lipinski definition) is 4. The Morgan fingerprint density at radius 1 is 1.17 bits per heavy atom. The molecule has 1 amide bonds. The lowest BCUT2D eigenvalue weighted by molar-refractivity contribution is -0.132. The highest BCUT2D eigenvalue weighted by molar-refractivity contribution is 7.89. The van der Waals surface area contributed by atoms with Gasteiger partial charge in [-0.05, 0) is 43.4 Å². The van der Waals surface area contributed by atoms with Crippen molar-refractivity contribution in [3.8, 4) is 16.9 Å². The van der Waals surface area contributed by atoms with Gasteiger partial charge in [0.05, 0.1) is 18.4 Å². The monoisotopic (exact) mass is 428 g/mol. The van der Waals surface area contributed by atoms with Crippen LogP contribution < -0.4 is 9.46 Å². The van der Waals surface area contributed by atoms with Gasteiger partial charge in [-0.3, -0.25) is 4.79 Å². The zero-order valence-corrected chi connectivity index (χ0v) is 18.0. The lowest BCUT2D eigenvalue weighted by atomic mass is 9.96. The zero-order valence-electron chi connectivity index (χ0n) is 17.2. The van der Waals surface area contributed by atoms with Gasteiger partial charge in [0, 0.05) is 24.6 Å². The first-order valence-corrected chi connectivity index (χ1v) is 12.2. The largest absolute Gasteiger partial charge is 0.493 e. The normalized spacial score (nSPS) is 22.2. The Kier molecular flexibility index (Phi) is 6.11. The van der Waals surface area contributed by atoms with Gasteiger partial charge >= 0.3 is 0 Å². The zero-order chi connectivity index (χ0) is 21.1. The van der Waals surface area contributed by atoms with Crippen LogP contribution in [0.15, 0.2) is 48.5 Å². The van der Waals surface area contributed by atoms with E-state index in [4.69, 9.17) is 4.74 Å². The SMILES string of the molecule is CCS(=O)(=O)N[C@@H]1CCN2C(=O)CCCOc3ccccc3-c3cccc(c3)C[C@H]12. The third kappa shape index (κ3) is 4.52. The number of benzene rings is 2. The molecule has 1 saturated heterocycles. The smallest absolute Gasteiger partial charge is 0.223 e. The molecule has 6 nitrogen and oxygen atoms in total. The molecule has 2 aliphatic rings. The fourth-order valence-electron chi connectivity index (χ4n) is 4.35. The Bertz CT molecular complexity index is 1020. The molecular formula is C23H28N2O4S. The van der Waals surface area contributed by atoms with Gasteiger partial charge in [-0.15, -0.1) is 0 Å². The van der Waals surface area contributed by atoms with Crippen LogP contribution in [-0.4, -0.2) is 50.2 Å². The van der Waals surface area contributed by atoms with Crippen molar-refractivity contribution < 1.29 is 17.9 Å². The highest BCUT2D eigenvalue weighted by Crippen LogP contribution is 2.32. The molecule has 0 saturated carbocycles. The molecule has 2 bridgehead atoms. The molecule has 2 aromatic carbocycles. The number of nitrogens with one attached hydrogen (secondary N) is 1. The van der Waals surface area contributed by atoms with Crippen molar-refractivity contribution >= 4 is 15.9 Å². The average Bonchev–Trinajstić information content (AvgIpc) is 3.12. The summed E-state index contributed by atoms with van der Waals surface area (Å²) in [6.07, 6.45) is 2.26. The molecule has 4 rings (SSSR count). The average molecular weight is 429 g/mol. The van der Waals surface area contributed by atoms with Gasteiger partial charge in [0.1, 0.15) is 5.75 Å². The van der Waals surface area contributed by atoms with E-state index >= 15 is 0 Å². The first-order valence-electron chi connectivity index (χ1n) is 10.6. The minimum Gasteiger partial charge on any atom is -0.493 e. The van der Waals surface area contributed by atoms with Gasteiger partial charge in [-0.25, -0.2) is 13.1 Å². The van der Waals surface area contributed by atoms with E-state index in [9.17, 15) is 13.2 Å². The Balaban J connectivity index is 1.70. The van der Waals surface area contributed by atoms with Crippen LogP contribution in [0.25, 0.3) is 11.1 Å². The summed E-state index contributed by atoms with van der Waals surface area (Å²) in [6, 6.07) is 15.7. The van der Waals surface area contributed by atoms with E-state index in [-0.39, 0.29) is 23.7 Å². The molecule has 0 aromatic heterocycles. The molecule has 7 heteroatoms. The summed E-state index contributed by atoms with van der Waals surface area (Å²) in [4.78, 5) is 14.8. The van der Waals surface area contributed by atoms with Gasteiger partial charge in [0.15, 0.2) is 0 Å². The third-order valence-electron chi connectivity index (χ3n) is 5.94. The van der Waals surface area contributed by atoms with Crippen molar-refractivity contribution in [3.63, 3.8) is 0 Å². The van der Waals surface area contributed by atoms with E-state index in [1.54, 1.807) is 6.92 Å². The summed E-state index contributed by atoms with van der Waals surface area (Å²) in [6.45, 7) is 2.67. The summed E-state index contributed by atoms with van der Waals surface area (Å²) >= 11 is 0. The summed E-state index contributed by atoms with van der Waals surface area (Å²) in [5.41, 5.74) is 3.16. The molecule has 2 heterocycles. The van der Waals surface area contributed by atoms with Gasteiger partial charge in [-0.1, -0.05) is 42.5 Å². The summed E-state index contributed by atoms with van der Waals surface area (Å²) in [5, 5.41) is 0. The van der Waals surface area contributed by atoms with E-state index in [1.165, 1.54) is 0 Å². The number of hydrogen-bond donors (Lipinski definition) is 1. The Hall–Kier alpha value is -2.38. The quantitative estimate of drug-likeness (QED) is 0.816. The van der Waals surface area contributed by atoms with E-state index < -0.39 is 10.0 Å². The number of carbonyl (C=O) groups is 1. The molecule has 2 aromatic rings. The molecule has 1 fully saturated rings. The lowest BCUT2D eigenvalue weighted by Gasteiger charge is -2.29. The molecule has 30 heavy (non-hydrogen) atoms. The maximum Gasteiger partial charge on any atom is 0.223 e. The third-order valence-corrected chi connectivity index (χ3v) is 7.36. The number of rotatable bonds is 3. The maximum absolute atomic E-state index is 12.9. The van der Waals surface area contributed by atoms with Gasteiger partial charge < -0.3 is 9.64 Å². The summed E-state index contributed by atoms with van der Waals surface area (Å²) in [7, 11) is -3.34. The van der Waals surface area contributed by atoms with Crippen LogP contribution in [0.2, 0.25) is 0 Å². The first-order chi connectivity index (χ1) is 14.5. The number of ether oxygens (including phenoxy) is 1. The van der Waals surface area contributed by atoms with Crippen molar-refractivity contribution in [1.82, 2.24) is 9.62 Å². The van der Waals surface area contributed by atoms with E-state index in [1.807, 2.05) is 41.3 Å². The predicted octanol–water partition coefficient (Wildman–Crippen LogP) is 2.98. The van der Waals surface area contributed by atoms with Crippen molar-refractivity contribution in [1.29, 1.82) is 0 Å². The van der Waals surface area contributed by atoms with Crippen molar-refractivity contribution in [2.75, 3.05) is 18.9 Å². The molecule has 0 spiro atoms. The van der Waals surface area contributed by atoms with Crippen LogP contribution in [0.3, 0.4) is 0 Å². The summed E-state index contributed by atoms with van der Waals surface area (Å²) < 4.78 is 33.3. The van der Waals surface area contributed by atoms with E-state index in [2.05, 4.69) is 16.9 Å². The Labute approximate surface area is 178 Å². The van der Waals surface area contributed by atoms with Crippen LogP contribution in [0.1, 0.15) is 31.7 Å². The van der Waals surface area contributed by atoms with Crippen molar-refractivity contribution in [3.05, 3.63) is 54.1 Å². The fraction of sp³-hybridized carbons (Fsp3) is 0.435. The highest BCUT2D eigenvalue weighted by atomic mass is 32.2. The molecule has 0 unspecified atom stereocenters. The van der Waals surface area contributed by atoms with E-state index in [0.717, 1.165) is 22.4 Å². The second-order valence-corrected chi connectivity index (χ2v) is 9.97. The van der Waals surface area contributed by atoms with Gasteiger partial charge in [0.25, 0.3) is 0 Å². The Morgan fingerprint density at radius 3 is 2.83 bits per heavy atom. The first kappa shape index (κ1) is 20.9. The number of carbonyl (C=O) groups excluding carboxylic acids is 1.